The van der Waals surface area contributed by atoms with Crippen molar-refractivity contribution in [2.45, 2.75) is 25.4 Å². The summed E-state index contributed by atoms with van der Waals surface area (Å²) < 4.78 is 10.4. The zero-order chi connectivity index (χ0) is 12.1. The van der Waals surface area contributed by atoms with Crippen LogP contribution < -0.4 is 5.32 Å². The van der Waals surface area contributed by atoms with E-state index in [9.17, 15) is 0 Å². The number of nitrogens with zero attached hydrogens (tertiary/aromatic N) is 2. The number of ether oxygens (including phenoxy) is 2. The fraction of sp³-hybridized carbons (Fsp3) is 0.667. The second-order valence-electron chi connectivity index (χ2n) is 4.20. The van der Waals surface area contributed by atoms with Gasteiger partial charge in [-0.25, -0.2) is 9.97 Å². The molecule has 1 aliphatic carbocycles. The van der Waals surface area contributed by atoms with Gasteiger partial charge < -0.3 is 14.8 Å². The second kappa shape index (κ2) is 5.93. The first-order valence-corrected chi connectivity index (χ1v) is 5.93. The number of aryl methyl sites for hydroxylation is 1. The highest BCUT2D eigenvalue weighted by atomic mass is 16.5. The molecule has 17 heavy (non-hydrogen) atoms. The van der Waals surface area contributed by atoms with Crippen molar-refractivity contribution in [3.05, 3.63) is 17.6 Å². The van der Waals surface area contributed by atoms with E-state index in [4.69, 9.17) is 9.47 Å². The van der Waals surface area contributed by atoms with Crippen molar-refractivity contribution in [3.8, 4) is 0 Å². The van der Waals surface area contributed by atoms with Gasteiger partial charge in [0.1, 0.15) is 12.1 Å². The van der Waals surface area contributed by atoms with Crippen molar-refractivity contribution in [3.63, 3.8) is 0 Å². The van der Waals surface area contributed by atoms with Gasteiger partial charge in [-0.3, -0.25) is 0 Å². The van der Waals surface area contributed by atoms with Gasteiger partial charge in [-0.1, -0.05) is 0 Å². The Kier molecular flexibility index (Phi) is 4.28. The third-order valence-electron chi connectivity index (χ3n) is 3.06. The highest BCUT2D eigenvalue weighted by Gasteiger charge is 2.17. The number of fused-ring (bicyclic) bond motifs is 1. The minimum absolute atomic E-state index is 0.0482. The van der Waals surface area contributed by atoms with E-state index >= 15 is 0 Å². The van der Waals surface area contributed by atoms with Crippen LogP contribution in [0.1, 0.15) is 17.7 Å². The molecule has 2 rings (SSSR count). The fourth-order valence-corrected chi connectivity index (χ4v) is 2.12. The molecule has 1 N–H and O–H groups in total. The standard InChI is InChI=1S/C12H19N3O2/c1-16-7-9(17-2)6-13-12-10-4-3-5-11(10)14-8-15-12/h8-9H,3-7H2,1-2H3,(H,13,14,15). The maximum absolute atomic E-state index is 5.30. The lowest BCUT2D eigenvalue weighted by atomic mass is 10.2. The Morgan fingerprint density at radius 1 is 1.35 bits per heavy atom. The molecule has 5 nitrogen and oxygen atoms in total. The Balaban J connectivity index is 1.97. The monoisotopic (exact) mass is 237 g/mol. The Morgan fingerprint density at radius 3 is 3.00 bits per heavy atom. The van der Waals surface area contributed by atoms with Gasteiger partial charge in [-0.05, 0) is 19.3 Å². The highest BCUT2D eigenvalue weighted by Crippen LogP contribution is 2.24. The molecule has 5 heteroatoms. The second-order valence-corrected chi connectivity index (χ2v) is 4.20. The van der Waals surface area contributed by atoms with Gasteiger partial charge in [0.15, 0.2) is 0 Å². The normalized spacial score (nSPS) is 15.6. The number of nitrogens with one attached hydrogen (secondary N) is 1. The molecule has 0 bridgehead atoms. The Morgan fingerprint density at radius 2 is 2.24 bits per heavy atom. The molecule has 0 aromatic carbocycles. The quantitative estimate of drug-likeness (QED) is 0.801. The molecule has 1 aromatic heterocycles. The number of rotatable bonds is 6. The first-order chi connectivity index (χ1) is 8.35. The maximum Gasteiger partial charge on any atom is 0.132 e. The van der Waals surface area contributed by atoms with Gasteiger partial charge in [0.05, 0.1) is 12.7 Å². The predicted molar refractivity (Wildman–Crippen MR) is 65.2 cm³/mol. The van der Waals surface area contributed by atoms with Crippen molar-refractivity contribution in [1.29, 1.82) is 0 Å². The van der Waals surface area contributed by atoms with E-state index in [0.29, 0.717) is 13.2 Å². The molecule has 0 saturated carbocycles. The summed E-state index contributed by atoms with van der Waals surface area (Å²) in [6, 6.07) is 0. The van der Waals surface area contributed by atoms with Gasteiger partial charge in [0.2, 0.25) is 0 Å². The molecule has 0 amide bonds. The Labute approximate surface area is 102 Å². The number of hydrogen-bond acceptors (Lipinski definition) is 5. The summed E-state index contributed by atoms with van der Waals surface area (Å²) in [5.74, 6) is 0.950. The Bertz CT molecular complexity index is 371. The first-order valence-electron chi connectivity index (χ1n) is 5.93. The molecule has 0 fully saturated rings. The first kappa shape index (κ1) is 12.3. The van der Waals surface area contributed by atoms with E-state index in [2.05, 4.69) is 15.3 Å². The average molecular weight is 237 g/mol. The van der Waals surface area contributed by atoms with Gasteiger partial charge >= 0.3 is 0 Å². The lowest BCUT2D eigenvalue weighted by Gasteiger charge is -2.16. The van der Waals surface area contributed by atoms with Crippen molar-refractivity contribution >= 4 is 5.82 Å². The van der Waals surface area contributed by atoms with E-state index in [1.54, 1.807) is 20.5 Å². The van der Waals surface area contributed by atoms with Crippen LogP contribution in [0.2, 0.25) is 0 Å². The molecule has 1 unspecified atom stereocenters. The molecule has 0 saturated heterocycles. The summed E-state index contributed by atoms with van der Waals surface area (Å²) in [6.07, 6.45) is 4.99. The molecular formula is C12H19N3O2. The van der Waals surface area contributed by atoms with Gasteiger partial charge in [0.25, 0.3) is 0 Å². The maximum atomic E-state index is 5.30. The van der Waals surface area contributed by atoms with Crippen LogP contribution in [0.25, 0.3) is 0 Å². The third kappa shape index (κ3) is 2.92. The summed E-state index contributed by atoms with van der Waals surface area (Å²) in [4.78, 5) is 8.59. The van der Waals surface area contributed by atoms with Crippen molar-refractivity contribution in [2.24, 2.45) is 0 Å². The van der Waals surface area contributed by atoms with E-state index in [1.165, 1.54) is 17.7 Å². The van der Waals surface area contributed by atoms with Crippen molar-refractivity contribution in [1.82, 2.24) is 9.97 Å². The largest absolute Gasteiger partial charge is 0.382 e. The lowest BCUT2D eigenvalue weighted by Crippen LogP contribution is -2.27. The summed E-state index contributed by atoms with van der Waals surface area (Å²) in [5.41, 5.74) is 2.45. The SMILES string of the molecule is COCC(CNc1ncnc2c1CCC2)OC. The van der Waals surface area contributed by atoms with Crippen LogP contribution in [0.4, 0.5) is 5.82 Å². The van der Waals surface area contributed by atoms with Crippen LogP contribution in [0.3, 0.4) is 0 Å². The van der Waals surface area contributed by atoms with Crippen LogP contribution in [-0.2, 0) is 22.3 Å². The van der Waals surface area contributed by atoms with Gasteiger partial charge in [-0.2, -0.15) is 0 Å². The molecule has 1 atom stereocenters. The summed E-state index contributed by atoms with van der Waals surface area (Å²) in [7, 11) is 3.37. The minimum Gasteiger partial charge on any atom is -0.382 e. The third-order valence-corrected chi connectivity index (χ3v) is 3.06. The molecule has 0 radical (unpaired) electrons. The highest BCUT2D eigenvalue weighted by molar-refractivity contribution is 5.47. The minimum atomic E-state index is 0.0482. The number of anilines is 1. The molecule has 1 heterocycles. The average Bonchev–Trinajstić information content (AvgIpc) is 2.83. The smallest absolute Gasteiger partial charge is 0.132 e. The zero-order valence-corrected chi connectivity index (χ0v) is 10.4. The fourth-order valence-electron chi connectivity index (χ4n) is 2.12. The van der Waals surface area contributed by atoms with Crippen LogP contribution in [-0.4, -0.2) is 43.4 Å². The predicted octanol–water partition coefficient (Wildman–Crippen LogP) is 1.04. The van der Waals surface area contributed by atoms with Gasteiger partial charge in [0, 0.05) is 32.0 Å². The summed E-state index contributed by atoms with van der Waals surface area (Å²) >= 11 is 0. The summed E-state index contributed by atoms with van der Waals surface area (Å²) in [6.45, 7) is 1.28. The molecule has 1 aromatic rings. The van der Waals surface area contributed by atoms with Crippen LogP contribution >= 0.6 is 0 Å². The number of hydrogen-bond donors (Lipinski definition) is 1. The van der Waals surface area contributed by atoms with Crippen molar-refractivity contribution in [2.75, 3.05) is 32.7 Å². The van der Waals surface area contributed by atoms with E-state index in [-0.39, 0.29) is 6.10 Å². The van der Waals surface area contributed by atoms with E-state index in [0.717, 1.165) is 18.7 Å². The van der Waals surface area contributed by atoms with Crippen LogP contribution in [0.15, 0.2) is 6.33 Å². The lowest BCUT2D eigenvalue weighted by molar-refractivity contribution is 0.0365. The molecule has 1 aliphatic rings. The van der Waals surface area contributed by atoms with Gasteiger partial charge in [-0.15, -0.1) is 0 Å². The van der Waals surface area contributed by atoms with Crippen LogP contribution in [0.5, 0.6) is 0 Å². The van der Waals surface area contributed by atoms with Crippen LogP contribution in [0, 0.1) is 0 Å². The molecule has 0 spiro atoms. The molecule has 94 valence electrons. The molecule has 0 aliphatic heterocycles. The topological polar surface area (TPSA) is 56.3 Å². The molecular weight excluding hydrogens is 218 g/mol. The number of methoxy groups -OCH3 is 2. The van der Waals surface area contributed by atoms with E-state index < -0.39 is 0 Å². The summed E-state index contributed by atoms with van der Waals surface area (Å²) in [5, 5.41) is 3.32. The Hall–Kier alpha value is -1.20. The van der Waals surface area contributed by atoms with Crippen molar-refractivity contribution < 1.29 is 9.47 Å². The number of aromatic nitrogens is 2. The van der Waals surface area contributed by atoms with E-state index in [1.807, 2.05) is 0 Å². The zero-order valence-electron chi connectivity index (χ0n) is 10.4.